The van der Waals surface area contributed by atoms with Gasteiger partial charge in [0.05, 0.1) is 22.6 Å². The zero-order chi connectivity index (χ0) is 20.0. The first-order valence-corrected chi connectivity index (χ1v) is 10.9. The number of aromatic nitrogens is 1. The molecule has 3 saturated carbocycles. The van der Waals surface area contributed by atoms with Crippen molar-refractivity contribution < 1.29 is 14.7 Å². The van der Waals surface area contributed by atoms with Gasteiger partial charge in [-0.1, -0.05) is 23.2 Å². The third-order valence-electron chi connectivity index (χ3n) is 6.02. The van der Waals surface area contributed by atoms with E-state index in [0.717, 1.165) is 36.1 Å². The fourth-order valence-corrected chi connectivity index (χ4v) is 6.08. The lowest BCUT2D eigenvalue weighted by molar-refractivity contribution is -0.156. The van der Waals surface area contributed by atoms with Gasteiger partial charge in [-0.15, -0.1) is 11.3 Å². The van der Waals surface area contributed by atoms with E-state index in [1.807, 2.05) is 6.92 Å². The molecule has 1 heterocycles. The molecule has 2 N–H and O–H groups in total. The molecular formula is C20H20Cl2N2O3S. The molecule has 0 spiro atoms. The number of hydrogen-bond donors (Lipinski definition) is 2. The zero-order valence-electron chi connectivity index (χ0n) is 15.2. The minimum absolute atomic E-state index is 0.0970. The van der Waals surface area contributed by atoms with Gasteiger partial charge in [0.15, 0.2) is 5.13 Å². The summed E-state index contributed by atoms with van der Waals surface area (Å²) in [6.45, 7) is 1.91. The molecule has 0 saturated heterocycles. The van der Waals surface area contributed by atoms with Gasteiger partial charge in [-0.2, -0.15) is 0 Å². The second kappa shape index (κ2) is 7.65. The van der Waals surface area contributed by atoms with E-state index < -0.39 is 17.8 Å². The molecule has 5 rings (SSSR count). The van der Waals surface area contributed by atoms with Gasteiger partial charge in [-0.05, 0) is 62.6 Å². The molecule has 1 aromatic heterocycles. The molecule has 2 unspecified atom stereocenters. The maximum absolute atomic E-state index is 13.0. The van der Waals surface area contributed by atoms with Crippen LogP contribution in [0.4, 0.5) is 5.13 Å². The third kappa shape index (κ3) is 3.53. The highest BCUT2D eigenvalue weighted by Gasteiger charge is 2.50. The van der Waals surface area contributed by atoms with Crippen molar-refractivity contribution in [2.24, 2.45) is 23.7 Å². The van der Waals surface area contributed by atoms with Gasteiger partial charge in [-0.25, -0.2) is 4.98 Å². The van der Waals surface area contributed by atoms with E-state index in [0.29, 0.717) is 20.9 Å². The number of carbonyl (C=O) groups excluding carboxylic acids is 1. The van der Waals surface area contributed by atoms with Crippen molar-refractivity contribution in [1.29, 1.82) is 0 Å². The summed E-state index contributed by atoms with van der Waals surface area (Å²) < 4.78 is 0. The second-order valence-corrected chi connectivity index (χ2v) is 9.65. The lowest BCUT2D eigenvalue weighted by Crippen LogP contribution is -2.49. The maximum atomic E-state index is 13.0. The molecule has 148 valence electrons. The molecule has 8 heteroatoms. The predicted octanol–water partition coefficient (Wildman–Crippen LogP) is 5.50. The van der Waals surface area contributed by atoms with Crippen LogP contribution in [0.2, 0.25) is 10.0 Å². The molecule has 3 fully saturated rings. The number of carbonyl (C=O) groups is 2. The summed E-state index contributed by atoms with van der Waals surface area (Å²) in [5.74, 6) is -1.95. The molecule has 0 aliphatic heterocycles. The first-order chi connectivity index (χ1) is 13.3. The number of thiazole rings is 1. The Hall–Kier alpha value is -1.63. The highest BCUT2D eigenvalue weighted by atomic mass is 35.5. The number of hydrogen-bond acceptors (Lipinski definition) is 4. The van der Waals surface area contributed by atoms with Crippen LogP contribution in [-0.4, -0.2) is 22.0 Å². The van der Waals surface area contributed by atoms with E-state index in [9.17, 15) is 14.7 Å². The molecule has 5 nitrogen and oxygen atoms in total. The van der Waals surface area contributed by atoms with Crippen molar-refractivity contribution >= 4 is 51.5 Å². The van der Waals surface area contributed by atoms with E-state index in [1.165, 1.54) is 11.3 Å². The molecule has 2 atom stereocenters. The third-order valence-corrected chi connectivity index (χ3v) is 7.45. The molecule has 28 heavy (non-hydrogen) atoms. The molecular weight excluding hydrogens is 419 g/mol. The SMILES string of the molecule is Cc1sc(NC(=O)C2C3CCC(CC3)C2C(=O)O)nc1-c1ccc(Cl)cc1Cl. The minimum Gasteiger partial charge on any atom is -0.481 e. The minimum atomic E-state index is -0.862. The average molecular weight is 439 g/mol. The number of carboxylic acids is 1. The smallest absolute Gasteiger partial charge is 0.307 e. The summed E-state index contributed by atoms with van der Waals surface area (Å²) in [5, 5.41) is 14.1. The normalized spacial score (nSPS) is 26.2. The zero-order valence-corrected chi connectivity index (χ0v) is 17.6. The molecule has 3 aliphatic rings. The summed E-state index contributed by atoms with van der Waals surface area (Å²) in [6, 6.07) is 5.21. The number of benzene rings is 1. The number of aryl methyl sites for hydroxylation is 1. The first kappa shape index (κ1) is 19.7. The van der Waals surface area contributed by atoms with E-state index in [2.05, 4.69) is 10.3 Å². The van der Waals surface area contributed by atoms with Crippen molar-refractivity contribution in [1.82, 2.24) is 4.98 Å². The van der Waals surface area contributed by atoms with Crippen molar-refractivity contribution in [2.45, 2.75) is 32.6 Å². The number of nitrogens with one attached hydrogen (secondary N) is 1. The van der Waals surface area contributed by atoms with E-state index in [1.54, 1.807) is 18.2 Å². The van der Waals surface area contributed by atoms with Crippen LogP contribution >= 0.6 is 34.5 Å². The number of anilines is 1. The number of rotatable bonds is 4. The number of carboxylic acid groups (broad SMARTS) is 1. The molecule has 2 aromatic rings. The lowest BCUT2D eigenvalue weighted by Gasteiger charge is -2.45. The van der Waals surface area contributed by atoms with Gasteiger partial charge in [0.2, 0.25) is 5.91 Å². The van der Waals surface area contributed by atoms with Crippen molar-refractivity contribution in [3.63, 3.8) is 0 Å². The largest absolute Gasteiger partial charge is 0.481 e. The van der Waals surface area contributed by atoms with Crippen LogP contribution in [0.3, 0.4) is 0 Å². The standard InChI is InChI=1S/C20H20Cl2N2O3S/c1-9-17(13-7-6-12(21)8-14(13)22)23-20(28-9)24-18(25)15-10-2-4-11(5-3-10)16(15)19(26)27/h6-8,10-11,15-16H,2-5H2,1H3,(H,26,27)(H,23,24,25). The summed E-state index contributed by atoms with van der Waals surface area (Å²) in [5.41, 5.74) is 1.45. The van der Waals surface area contributed by atoms with E-state index >= 15 is 0 Å². The predicted molar refractivity (Wildman–Crippen MR) is 111 cm³/mol. The number of halogens is 2. The summed E-state index contributed by atoms with van der Waals surface area (Å²) in [7, 11) is 0. The van der Waals surface area contributed by atoms with Crippen LogP contribution in [0, 0.1) is 30.6 Å². The van der Waals surface area contributed by atoms with Crippen molar-refractivity contribution in [3.05, 3.63) is 33.1 Å². The van der Waals surface area contributed by atoms with Crippen molar-refractivity contribution in [2.75, 3.05) is 5.32 Å². The Balaban J connectivity index is 1.58. The number of fused-ring (bicyclic) bond motifs is 3. The Labute approximate surface area is 177 Å². The highest BCUT2D eigenvalue weighted by molar-refractivity contribution is 7.16. The Morgan fingerprint density at radius 3 is 2.39 bits per heavy atom. The molecule has 1 aromatic carbocycles. The van der Waals surface area contributed by atoms with Crippen molar-refractivity contribution in [3.8, 4) is 11.3 Å². The van der Waals surface area contributed by atoms with E-state index in [4.69, 9.17) is 23.2 Å². The summed E-state index contributed by atoms with van der Waals surface area (Å²) in [6.07, 6.45) is 3.66. The van der Waals surface area contributed by atoms with Gasteiger partial charge in [-0.3, -0.25) is 9.59 Å². The van der Waals surface area contributed by atoms with E-state index in [-0.39, 0.29) is 17.7 Å². The van der Waals surface area contributed by atoms with Crippen LogP contribution in [-0.2, 0) is 9.59 Å². The van der Waals surface area contributed by atoms with Crippen LogP contribution in [0.5, 0.6) is 0 Å². The first-order valence-electron chi connectivity index (χ1n) is 9.31. The average Bonchev–Trinajstić information content (AvgIpc) is 3.01. The molecule has 0 radical (unpaired) electrons. The summed E-state index contributed by atoms with van der Waals surface area (Å²) in [4.78, 5) is 30.3. The number of amides is 1. The maximum Gasteiger partial charge on any atom is 0.307 e. The quantitative estimate of drug-likeness (QED) is 0.659. The highest BCUT2D eigenvalue weighted by Crippen LogP contribution is 2.49. The Morgan fingerprint density at radius 1 is 1.14 bits per heavy atom. The molecule has 2 bridgehead atoms. The Morgan fingerprint density at radius 2 is 1.79 bits per heavy atom. The number of nitrogens with zero attached hydrogens (tertiary/aromatic N) is 1. The Bertz CT molecular complexity index is 938. The monoisotopic (exact) mass is 438 g/mol. The van der Waals surface area contributed by atoms with Crippen LogP contribution in [0.25, 0.3) is 11.3 Å². The summed E-state index contributed by atoms with van der Waals surface area (Å²) >= 11 is 13.6. The van der Waals surface area contributed by atoms with Crippen LogP contribution < -0.4 is 5.32 Å². The van der Waals surface area contributed by atoms with Gasteiger partial charge in [0.25, 0.3) is 0 Å². The fourth-order valence-electron chi connectivity index (χ4n) is 4.75. The number of aliphatic carboxylic acids is 1. The van der Waals surface area contributed by atoms with Crippen LogP contribution in [0.1, 0.15) is 30.6 Å². The van der Waals surface area contributed by atoms with Gasteiger partial charge in [0, 0.05) is 15.5 Å². The fraction of sp³-hybridized carbons (Fsp3) is 0.450. The Kier molecular flexibility index (Phi) is 5.38. The van der Waals surface area contributed by atoms with Gasteiger partial charge in [0.1, 0.15) is 0 Å². The lowest BCUT2D eigenvalue weighted by atomic mass is 9.58. The van der Waals surface area contributed by atoms with Gasteiger partial charge >= 0.3 is 5.97 Å². The van der Waals surface area contributed by atoms with Crippen LogP contribution in [0.15, 0.2) is 18.2 Å². The topological polar surface area (TPSA) is 79.3 Å². The molecule has 1 amide bonds. The van der Waals surface area contributed by atoms with Gasteiger partial charge < -0.3 is 10.4 Å². The molecule has 3 aliphatic carbocycles. The second-order valence-electron chi connectivity index (χ2n) is 7.60.